The molecule has 0 bridgehead atoms. The van der Waals surface area contributed by atoms with Crippen LogP contribution in [-0.4, -0.2) is 10.2 Å². The zero-order valence-electron chi connectivity index (χ0n) is 21.0. The highest BCUT2D eigenvalue weighted by molar-refractivity contribution is 6.22. The number of alkyl halides is 1. The van der Waals surface area contributed by atoms with Gasteiger partial charge in [-0.1, -0.05) is 76.9 Å². The summed E-state index contributed by atoms with van der Waals surface area (Å²) in [7, 11) is 0. The Hall–Kier alpha value is -0.270. The number of hydrogen-bond donors (Lipinski definition) is 1. The Morgan fingerprint density at radius 2 is 1.81 bits per heavy atom. The van der Waals surface area contributed by atoms with Crippen LogP contribution in [-0.2, 0) is 0 Å². The van der Waals surface area contributed by atoms with Crippen molar-refractivity contribution < 1.29 is 5.11 Å². The minimum atomic E-state index is -1.01. The van der Waals surface area contributed by atoms with Gasteiger partial charge in [-0.2, -0.15) is 0 Å². The molecule has 0 aromatic carbocycles. The van der Waals surface area contributed by atoms with E-state index in [1.54, 1.807) is 0 Å². The summed E-state index contributed by atoms with van der Waals surface area (Å²) in [4.78, 5) is 0. The lowest BCUT2D eigenvalue weighted by Crippen LogP contribution is -2.51. The van der Waals surface area contributed by atoms with E-state index >= 15 is 0 Å². The van der Waals surface area contributed by atoms with E-state index < -0.39 is 5.06 Å². The molecule has 0 aliphatic heterocycles. The Morgan fingerprint density at radius 1 is 1.06 bits per heavy atom. The molecule has 3 saturated carbocycles. The third kappa shape index (κ3) is 4.09. The number of hydrogen-bond acceptors (Lipinski definition) is 1. The lowest BCUT2D eigenvalue weighted by Gasteiger charge is -2.59. The molecule has 4 aliphatic rings. The number of allylic oxidation sites excluding steroid dienone is 3. The number of rotatable bonds is 5. The van der Waals surface area contributed by atoms with E-state index in [2.05, 4.69) is 59.8 Å². The van der Waals surface area contributed by atoms with E-state index in [0.717, 1.165) is 48.3 Å². The van der Waals surface area contributed by atoms with Gasteiger partial charge < -0.3 is 5.11 Å². The summed E-state index contributed by atoms with van der Waals surface area (Å²) in [5.74, 6) is 5.45. The molecule has 0 heterocycles. The van der Waals surface area contributed by atoms with E-state index in [1.807, 2.05) is 0 Å². The van der Waals surface area contributed by atoms with Crippen molar-refractivity contribution in [3.05, 3.63) is 23.8 Å². The van der Waals surface area contributed by atoms with Crippen molar-refractivity contribution in [3.63, 3.8) is 0 Å². The monoisotopic (exact) mass is 446 g/mol. The highest BCUT2D eigenvalue weighted by Crippen LogP contribution is 2.67. The average molecular weight is 447 g/mol. The van der Waals surface area contributed by atoms with Crippen molar-refractivity contribution in [1.82, 2.24) is 0 Å². The molecule has 0 unspecified atom stereocenters. The van der Waals surface area contributed by atoms with Gasteiger partial charge in [0.1, 0.15) is 5.06 Å². The van der Waals surface area contributed by atoms with Crippen LogP contribution >= 0.6 is 11.6 Å². The summed E-state index contributed by atoms with van der Waals surface area (Å²) in [5, 5.41) is 9.46. The van der Waals surface area contributed by atoms with Crippen LogP contribution in [0, 0.1) is 52.3 Å². The van der Waals surface area contributed by atoms with Crippen molar-refractivity contribution in [2.75, 3.05) is 0 Å². The van der Waals surface area contributed by atoms with E-state index in [-0.39, 0.29) is 5.41 Å². The van der Waals surface area contributed by atoms with Gasteiger partial charge in [0.15, 0.2) is 0 Å². The average Bonchev–Trinajstić information content (AvgIpc) is 3.06. The second kappa shape index (κ2) is 8.50. The van der Waals surface area contributed by atoms with E-state index in [1.165, 1.54) is 44.1 Å². The number of fused-ring (bicyclic) bond motifs is 5. The first-order chi connectivity index (χ1) is 14.5. The topological polar surface area (TPSA) is 20.2 Å². The third-order valence-corrected chi connectivity index (χ3v) is 11.1. The molecule has 1 N–H and O–H groups in total. The van der Waals surface area contributed by atoms with Gasteiger partial charge in [0.05, 0.1) is 0 Å². The van der Waals surface area contributed by atoms with Gasteiger partial charge >= 0.3 is 0 Å². The first-order valence-electron chi connectivity index (χ1n) is 13.3. The number of aliphatic hydroxyl groups is 1. The second-order valence-corrected chi connectivity index (χ2v) is 13.3. The summed E-state index contributed by atoms with van der Waals surface area (Å²) in [5.41, 5.74) is 2.22. The molecular weight excluding hydrogens is 400 g/mol. The Kier molecular flexibility index (Phi) is 6.55. The fourth-order valence-electron chi connectivity index (χ4n) is 8.79. The zero-order chi connectivity index (χ0) is 22.6. The van der Waals surface area contributed by atoms with Crippen molar-refractivity contribution in [1.29, 1.82) is 0 Å². The zero-order valence-corrected chi connectivity index (χ0v) is 21.7. The van der Waals surface area contributed by atoms with Crippen LogP contribution in [0.25, 0.3) is 0 Å². The molecule has 0 aromatic rings. The lowest BCUT2D eigenvalue weighted by molar-refractivity contribution is -0.0582. The lowest BCUT2D eigenvalue weighted by atomic mass is 9.47. The first kappa shape index (κ1) is 23.9. The SMILES string of the molecule is CC[C@@H](/C=C/[C@@H](C)[C@H]1CC[C@H]2[C@@H]3CC=C4C[C@@](O)(Cl)CC[C@]4(C)[C@H]3CC[C@]12C)C(C)C. The molecule has 3 fully saturated rings. The van der Waals surface area contributed by atoms with Crippen LogP contribution in [0.4, 0.5) is 0 Å². The summed E-state index contributed by atoms with van der Waals surface area (Å²) in [6.07, 6.45) is 18.1. The molecule has 4 rings (SSSR count). The minimum absolute atomic E-state index is 0.264. The van der Waals surface area contributed by atoms with Crippen LogP contribution < -0.4 is 0 Å². The standard InChI is InChI=1S/C29H47ClO/c1-7-21(19(2)3)9-8-20(4)24-12-13-25-23-11-10-22-18-29(30,31)17-16-27(22,5)26(23)14-15-28(24,25)6/h8-10,19-21,23-26,31H,7,11-18H2,1-6H3/b9-8+/t20-,21+,23+,24-,25+,26+,27+,28-,29-/m1/s1. The van der Waals surface area contributed by atoms with Gasteiger partial charge in [-0.15, -0.1) is 0 Å². The highest BCUT2D eigenvalue weighted by Gasteiger charge is 2.59. The Morgan fingerprint density at radius 3 is 2.48 bits per heavy atom. The van der Waals surface area contributed by atoms with Crippen LogP contribution in [0.2, 0.25) is 0 Å². The normalized spacial score (nSPS) is 46.9. The Labute approximate surface area is 197 Å². The molecule has 1 nitrogen and oxygen atoms in total. The number of halogens is 1. The summed E-state index contributed by atoms with van der Waals surface area (Å²) < 4.78 is 0. The molecule has 0 amide bonds. The van der Waals surface area contributed by atoms with Crippen LogP contribution in [0.15, 0.2) is 23.8 Å². The second-order valence-electron chi connectivity index (χ2n) is 12.6. The molecule has 31 heavy (non-hydrogen) atoms. The smallest absolute Gasteiger partial charge is 0.142 e. The van der Waals surface area contributed by atoms with Crippen molar-refractivity contribution in [3.8, 4) is 0 Å². The molecule has 2 heteroatoms. The van der Waals surface area contributed by atoms with Gasteiger partial charge in [-0.05, 0) is 104 Å². The molecule has 0 saturated heterocycles. The Balaban J connectivity index is 1.53. The maximum atomic E-state index is 10.5. The van der Waals surface area contributed by atoms with Gasteiger partial charge in [-0.3, -0.25) is 0 Å². The van der Waals surface area contributed by atoms with Gasteiger partial charge in [0, 0.05) is 6.42 Å². The van der Waals surface area contributed by atoms with Crippen molar-refractivity contribution in [2.24, 2.45) is 52.3 Å². The summed E-state index contributed by atoms with van der Waals surface area (Å²) in [6.45, 7) is 14.7. The van der Waals surface area contributed by atoms with Crippen LogP contribution in [0.3, 0.4) is 0 Å². The predicted octanol–water partition coefficient (Wildman–Crippen LogP) is 8.37. The van der Waals surface area contributed by atoms with E-state index in [4.69, 9.17) is 11.6 Å². The Bertz CT molecular complexity index is 720. The van der Waals surface area contributed by atoms with Crippen LogP contribution in [0.5, 0.6) is 0 Å². The van der Waals surface area contributed by atoms with Gasteiger partial charge in [0.25, 0.3) is 0 Å². The molecule has 0 spiro atoms. The first-order valence-corrected chi connectivity index (χ1v) is 13.7. The summed E-state index contributed by atoms with van der Waals surface area (Å²) in [6, 6.07) is 0. The van der Waals surface area contributed by atoms with Gasteiger partial charge in [0.2, 0.25) is 0 Å². The largest absolute Gasteiger partial charge is 0.375 e. The maximum Gasteiger partial charge on any atom is 0.142 e. The summed E-state index contributed by atoms with van der Waals surface area (Å²) >= 11 is 6.38. The molecule has 9 atom stereocenters. The third-order valence-electron chi connectivity index (χ3n) is 10.8. The van der Waals surface area contributed by atoms with Crippen LogP contribution in [0.1, 0.15) is 99.3 Å². The fraction of sp³-hybridized carbons (Fsp3) is 0.862. The van der Waals surface area contributed by atoms with E-state index in [9.17, 15) is 5.11 Å². The molecule has 0 aromatic heterocycles. The predicted molar refractivity (Wildman–Crippen MR) is 133 cm³/mol. The molecule has 4 aliphatic carbocycles. The van der Waals surface area contributed by atoms with E-state index in [0.29, 0.717) is 17.8 Å². The van der Waals surface area contributed by atoms with Crippen molar-refractivity contribution >= 4 is 11.6 Å². The molecular formula is C29H47ClO. The minimum Gasteiger partial charge on any atom is -0.375 e. The maximum absolute atomic E-state index is 10.5. The fourth-order valence-corrected chi connectivity index (χ4v) is 9.03. The van der Waals surface area contributed by atoms with Crippen molar-refractivity contribution in [2.45, 2.75) is 104 Å². The highest BCUT2D eigenvalue weighted by atomic mass is 35.5. The quantitative estimate of drug-likeness (QED) is 0.332. The molecule has 176 valence electrons. The molecule has 0 radical (unpaired) electrons. The van der Waals surface area contributed by atoms with Gasteiger partial charge in [-0.25, -0.2) is 0 Å².